The molecule has 2 aliphatic carbocycles. The van der Waals surface area contributed by atoms with E-state index in [0.29, 0.717) is 0 Å². The molecule has 6 rings (SSSR count). The molecule has 0 amide bonds. The Kier molecular flexibility index (Phi) is 17.2. The van der Waals surface area contributed by atoms with Crippen molar-refractivity contribution in [2.75, 3.05) is 72.0 Å². The molecule has 6 nitrogen and oxygen atoms in total. The molecule has 2 fully saturated rings. The first-order chi connectivity index (χ1) is 29.2. The Morgan fingerprint density at radius 1 is 0.317 bits per heavy atom. The molecule has 0 unspecified atom stereocenters. The van der Waals surface area contributed by atoms with Crippen LogP contribution in [0.1, 0.15) is 103 Å². The van der Waals surface area contributed by atoms with Gasteiger partial charge < -0.3 is 19.6 Å². The van der Waals surface area contributed by atoms with Crippen molar-refractivity contribution in [3.63, 3.8) is 0 Å². The summed E-state index contributed by atoms with van der Waals surface area (Å²) in [5.41, 5.74) is 13.0. The summed E-state index contributed by atoms with van der Waals surface area (Å²) in [7, 11) is 0. The van der Waals surface area contributed by atoms with Crippen molar-refractivity contribution in [3.8, 4) is 0 Å². The molecule has 0 spiro atoms. The molecule has 4 aromatic carbocycles. The highest BCUT2D eigenvalue weighted by molar-refractivity contribution is 6.16. The van der Waals surface area contributed by atoms with Gasteiger partial charge in [-0.05, 0) is 176 Å². The Morgan fingerprint density at radius 2 is 0.483 bits per heavy atom. The first-order valence-corrected chi connectivity index (χ1v) is 22.5. The largest absolute Gasteiger partial charge is 0.372 e. The summed E-state index contributed by atoms with van der Waals surface area (Å²) in [5, 5.41) is 0. The maximum atomic E-state index is 12.9. The zero-order valence-corrected chi connectivity index (χ0v) is 37.6. The van der Waals surface area contributed by atoms with Gasteiger partial charge in [-0.25, -0.2) is 0 Å². The molecule has 316 valence electrons. The standard InChI is InChI=1S/2C27H34N2O/c2*1-5-28(6-2)25-15-9-21(10-16-25)19-23-13-14-24(27(23)30)20-22-11-17-26(18-12-22)29(7-3)8-4/h2*9-12,15-20H,5-8,13-14H2,1-4H3. The number of benzene rings is 4. The second kappa shape index (κ2) is 22.7. The van der Waals surface area contributed by atoms with Gasteiger partial charge >= 0.3 is 0 Å². The van der Waals surface area contributed by atoms with Crippen molar-refractivity contribution in [1.29, 1.82) is 0 Å². The highest BCUT2D eigenvalue weighted by Gasteiger charge is 2.24. The van der Waals surface area contributed by atoms with Crippen molar-refractivity contribution >= 4 is 58.6 Å². The molecule has 0 saturated heterocycles. The number of hydrogen-bond acceptors (Lipinski definition) is 6. The van der Waals surface area contributed by atoms with E-state index >= 15 is 0 Å². The van der Waals surface area contributed by atoms with Crippen molar-refractivity contribution in [3.05, 3.63) is 142 Å². The van der Waals surface area contributed by atoms with Crippen molar-refractivity contribution < 1.29 is 9.59 Å². The van der Waals surface area contributed by atoms with Crippen LogP contribution in [0.15, 0.2) is 119 Å². The van der Waals surface area contributed by atoms with Gasteiger partial charge in [-0.2, -0.15) is 0 Å². The van der Waals surface area contributed by atoms with Crippen LogP contribution in [0, 0.1) is 0 Å². The maximum Gasteiger partial charge on any atom is 0.185 e. The predicted octanol–water partition coefficient (Wildman–Crippen LogP) is 12.4. The zero-order chi connectivity index (χ0) is 43.0. The Labute approximate surface area is 361 Å². The van der Waals surface area contributed by atoms with E-state index in [1.54, 1.807) is 0 Å². The predicted molar refractivity (Wildman–Crippen MR) is 260 cm³/mol. The molecule has 0 aromatic heterocycles. The Hall–Kier alpha value is -5.62. The van der Waals surface area contributed by atoms with Crippen LogP contribution in [0.2, 0.25) is 0 Å². The fraction of sp³-hybridized carbons (Fsp3) is 0.370. The third-order valence-corrected chi connectivity index (χ3v) is 11.9. The van der Waals surface area contributed by atoms with Gasteiger partial charge in [0.05, 0.1) is 0 Å². The van der Waals surface area contributed by atoms with Gasteiger partial charge in [0.1, 0.15) is 0 Å². The molecule has 60 heavy (non-hydrogen) atoms. The Morgan fingerprint density at radius 3 is 0.633 bits per heavy atom. The van der Waals surface area contributed by atoms with Gasteiger partial charge in [0.25, 0.3) is 0 Å². The minimum absolute atomic E-state index is 0.190. The summed E-state index contributed by atoms with van der Waals surface area (Å²) < 4.78 is 0. The fourth-order valence-electron chi connectivity index (χ4n) is 8.24. The summed E-state index contributed by atoms with van der Waals surface area (Å²) in [6.45, 7) is 25.3. The number of Topliss-reactive ketones (excluding diaryl/α,β-unsaturated/α-hetero) is 2. The minimum atomic E-state index is 0.190. The second-order valence-electron chi connectivity index (χ2n) is 15.4. The molecule has 0 aliphatic heterocycles. The summed E-state index contributed by atoms with van der Waals surface area (Å²) in [4.78, 5) is 35.1. The van der Waals surface area contributed by atoms with E-state index in [4.69, 9.17) is 0 Å². The van der Waals surface area contributed by atoms with Crippen LogP contribution in [0.5, 0.6) is 0 Å². The quantitative estimate of drug-likeness (QED) is 0.105. The average Bonchev–Trinajstić information content (AvgIpc) is 3.80. The molecule has 0 bridgehead atoms. The third kappa shape index (κ3) is 11.8. The number of carbonyl (C=O) groups excluding carboxylic acids is 2. The molecule has 0 N–H and O–H groups in total. The number of rotatable bonds is 16. The molecule has 0 radical (unpaired) electrons. The van der Waals surface area contributed by atoms with Crippen molar-refractivity contribution in [2.45, 2.75) is 81.1 Å². The van der Waals surface area contributed by atoms with Crippen molar-refractivity contribution in [2.24, 2.45) is 0 Å². The van der Waals surface area contributed by atoms with Crippen LogP contribution in [0.4, 0.5) is 22.7 Å². The topological polar surface area (TPSA) is 47.1 Å². The first kappa shape index (κ1) is 45.5. The number of carbonyl (C=O) groups is 2. The van der Waals surface area contributed by atoms with E-state index in [1.807, 2.05) is 0 Å². The first-order valence-electron chi connectivity index (χ1n) is 22.5. The number of hydrogen-bond donors (Lipinski definition) is 0. The van der Waals surface area contributed by atoms with E-state index in [2.05, 4.69) is 196 Å². The molecule has 6 heteroatoms. The summed E-state index contributed by atoms with van der Waals surface area (Å²) in [5.74, 6) is 0.381. The normalized spacial score (nSPS) is 16.5. The average molecular weight is 805 g/mol. The lowest BCUT2D eigenvalue weighted by Gasteiger charge is -2.20. The second-order valence-corrected chi connectivity index (χ2v) is 15.4. The highest BCUT2D eigenvalue weighted by atomic mass is 16.1. The lowest BCUT2D eigenvalue weighted by atomic mass is 10.1. The third-order valence-electron chi connectivity index (χ3n) is 11.9. The SMILES string of the molecule is CCN(CC)c1ccc(C=C2CCC(=Cc3ccc(N(CC)CC)cc3)C2=O)cc1.CCN(CC)c1ccc(C=C2CCC(=Cc3ccc(N(CC)CC)cc3)C2=O)cc1. The van der Waals surface area contributed by atoms with E-state index in [0.717, 1.165) is 123 Å². The smallest absolute Gasteiger partial charge is 0.185 e. The summed E-state index contributed by atoms with van der Waals surface area (Å²) >= 11 is 0. The monoisotopic (exact) mass is 805 g/mol. The van der Waals surface area contributed by atoms with Gasteiger partial charge in [0.2, 0.25) is 0 Å². The van der Waals surface area contributed by atoms with Gasteiger partial charge in [-0.1, -0.05) is 48.5 Å². The van der Waals surface area contributed by atoms with E-state index < -0.39 is 0 Å². The Balaban J connectivity index is 0.000000228. The number of allylic oxidation sites excluding steroid dienone is 4. The van der Waals surface area contributed by atoms with Gasteiger partial charge in [-0.15, -0.1) is 0 Å². The van der Waals surface area contributed by atoms with Crippen LogP contribution in [-0.4, -0.2) is 63.9 Å². The van der Waals surface area contributed by atoms with Crippen LogP contribution >= 0.6 is 0 Å². The summed E-state index contributed by atoms with van der Waals surface area (Å²) in [6.07, 6.45) is 11.5. The summed E-state index contributed by atoms with van der Waals surface area (Å²) in [6, 6.07) is 34.1. The van der Waals surface area contributed by atoms with E-state index in [-0.39, 0.29) is 11.6 Å². The van der Waals surface area contributed by atoms with Gasteiger partial charge in [-0.3, -0.25) is 9.59 Å². The van der Waals surface area contributed by atoms with Crippen LogP contribution in [0.25, 0.3) is 24.3 Å². The van der Waals surface area contributed by atoms with Crippen molar-refractivity contribution in [1.82, 2.24) is 0 Å². The highest BCUT2D eigenvalue weighted by Crippen LogP contribution is 2.32. The molecule has 0 heterocycles. The van der Waals surface area contributed by atoms with Crippen LogP contribution in [0.3, 0.4) is 0 Å². The molecular weight excluding hydrogens is 737 g/mol. The maximum absolute atomic E-state index is 12.9. The molecule has 2 aliphatic rings. The molecular formula is C54H68N4O2. The molecule has 4 aromatic rings. The fourth-order valence-corrected chi connectivity index (χ4v) is 8.24. The zero-order valence-electron chi connectivity index (χ0n) is 37.6. The van der Waals surface area contributed by atoms with Gasteiger partial charge in [0, 0.05) is 97.4 Å². The lowest BCUT2D eigenvalue weighted by Crippen LogP contribution is -2.21. The molecule has 0 atom stereocenters. The van der Waals surface area contributed by atoms with E-state index in [1.165, 1.54) is 22.7 Å². The van der Waals surface area contributed by atoms with E-state index in [9.17, 15) is 9.59 Å². The minimum Gasteiger partial charge on any atom is -0.372 e. The number of ketones is 2. The lowest BCUT2D eigenvalue weighted by molar-refractivity contribution is -0.112. The Bertz CT molecular complexity index is 1800. The van der Waals surface area contributed by atoms with Crippen LogP contribution in [-0.2, 0) is 9.59 Å². The van der Waals surface area contributed by atoms with Gasteiger partial charge in [0.15, 0.2) is 11.6 Å². The van der Waals surface area contributed by atoms with Crippen LogP contribution < -0.4 is 19.6 Å². The number of nitrogens with zero attached hydrogens (tertiary/aromatic N) is 4. The molecule has 2 saturated carbocycles. The number of anilines is 4.